The number of esters is 1. The normalized spacial score (nSPS) is 11.9. The lowest BCUT2D eigenvalue weighted by Gasteiger charge is -2.03. The quantitative estimate of drug-likeness (QED) is 0.510. The third-order valence-corrected chi connectivity index (χ3v) is 1.23. The van der Waals surface area contributed by atoms with Crippen molar-refractivity contribution in [3.05, 3.63) is 11.6 Å². The first-order valence-electron chi connectivity index (χ1n) is 4.04. The molecule has 0 saturated carbocycles. The van der Waals surface area contributed by atoms with E-state index in [1.165, 1.54) is 0 Å². The van der Waals surface area contributed by atoms with Crippen LogP contribution in [0.1, 0.15) is 20.8 Å². The van der Waals surface area contributed by atoms with Crippen LogP contribution in [-0.4, -0.2) is 24.3 Å². The zero-order chi connectivity index (χ0) is 9.56. The van der Waals surface area contributed by atoms with E-state index in [2.05, 4.69) is 0 Å². The molecular formula is C9H16O3. The Labute approximate surface area is 73.0 Å². The molecule has 0 fully saturated rings. The van der Waals surface area contributed by atoms with Gasteiger partial charge in [0.2, 0.25) is 0 Å². The fourth-order valence-corrected chi connectivity index (χ4v) is 0.820. The summed E-state index contributed by atoms with van der Waals surface area (Å²) >= 11 is 0. The molecule has 0 amide bonds. The zero-order valence-corrected chi connectivity index (χ0v) is 7.83. The van der Waals surface area contributed by atoms with Crippen LogP contribution in [0, 0.1) is 5.92 Å². The number of carbonyl (C=O) groups is 1. The molecule has 0 saturated heterocycles. The van der Waals surface area contributed by atoms with Crippen LogP contribution >= 0.6 is 0 Å². The number of hydrogen-bond acceptors (Lipinski definition) is 3. The fourth-order valence-electron chi connectivity index (χ4n) is 0.820. The van der Waals surface area contributed by atoms with Crippen molar-refractivity contribution in [1.82, 2.24) is 0 Å². The molecule has 0 aliphatic heterocycles. The lowest BCUT2D eigenvalue weighted by Crippen LogP contribution is -2.09. The van der Waals surface area contributed by atoms with E-state index in [0.29, 0.717) is 11.5 Å². The second kappa shape index (κ2) is 5.77. The summed E-state index contributed by atoms with van der Waals surface area (Å²) in [7, 11) is 0. The molecule has 3 heteroatoms. The molecule has 0 rings (SSSR count). The van der Waals surface area contributed by atoms with E-state index in [-0.39, 0.29) is 19.2 Å². The van der Waals surface area contributed by atoms with Crippen LogP contribution in [0.4, 0.5) is 0 Å². The Hall–Kier alpha value is -0.830. The average molecular weight is 172 g/mol. The largest absolute Gasteiger partial charge is 0.460 e. The molecule has 0 spiro atoms. The molecule has 0 atom stereocenters. The van der Waals surface area contributed by atoms with E-state index in [0.717, 1.165) is 0 Å². The molecule has 3 nitrogen and oxygen atoms in total. The van der Waals surface area contributed by atoms with Gasteiger partial charge in [0, 0.05) is 5.57 Å². The Morgan fingerprint density at radius 1 is 1.58 bits per heavy atom. The van der Waals surface area contributed by atoms with Gasteiger partial charge in [-0.3, -0.25) is 0 Å². The van der Waals surface area contributed by atoms with Crippen LogP contribution in [0.3, 0.4) is 0 Å². The van der Waals surface area contributed by atoms with E-state index >= 15 is 0 Å². The van der Waals surface area contributed by atoms with Crippen LogP contribution < -0.4 is 0 Å². The highest BCUT2D eigenvalue weighted by Gasteiger charge is 2.04. The van der Waals surface area contributed by atoms with E-state index in [1.54, 1.807) is 6.92 Å². The number of rotatable bonds is 4. The lowest BCUT2D eigenvalue weighted by molar-refractivity contribution is -0.139. The molecule has 0 aromatic rings. The second-order valence-corrected chi connectivity index (χ2v) is 2.95. The maximum Gasteiger partial charge on any atom is 0.333 e. The molecule has 0 aliphatic rings. The van der Waals surface area contributed by atoms with Gasteiger partial charge in [0.1, 0.15) is 6.61 Å². The number of carbonyl (C=O) groups excluding carboxylic acids is 1. The van der Waals surface area contributed by atoms with Gasteiger partial charge in [0.25, 0.3) is 0 Å². The van der Waals surface area contributed by atoms with E-state index in [9.17, 15) is 4.79 Å². The standard InChI is InChI=1S/C9H16O3/c1-7(2)6-8(3)9(11)12-5-4-10/h6-7,10H,4-5H2,1-3H3. The lowest BCUT2D eigenvalue weighted by atomic mass is 10.1. The van der Waals surface area contributed by atoms with Crippen molar-refractivity contribution in [2.45, 2.75) is 20.8 Å². The van der Waals surface area contributed by atoms with Gasteiger partial charge in [-0.15, -0.1) is 0 Å². The summed E-state index contributed by atoms with van der Waals surface area (Å²) in [6, 6.07) is 0. The minimum Gasteiger partial charge on any atom is -0.460 e. The minimum atomic E-state index is -0.349. The molecule has 70 valence electrons. The summed E-state index contributed by atoms with van der Waals surface area (Å²) in [5.41, 5.74) is 0.596. The Balaban J connectivity index is 3.92. The Kier molecular flexibility index (Phi) is 5.37. The van der Waals surface area contributed by atoms with Gasteiger partial charge < -0.3 is 9.84 Å². The molecular weight excluding hydrogens is 156 g/mol. The molecule has 1 N–H and O–H groups in total. The van der Waals surface area contributed by atoms with Crippen LogP contribution in [0.15, 0.2) is 11.6 Å². The van der Waals surface area contributed by atoms with Crippen molar-refractivity contribution in [1.29, 1.82) is 0 Å². The SMILES string of the molecule is CC(=CC(C)C)C(=O)OCCO. The van der Waals surface area contributed by atoms with Gasteiger partial charge in [-0.25, -0.2) is 4.79 Å². The molecule has 0 aliphatic carbocycles. The predicted octanol–water partition coefficient (Wildman–Crippen LogP) is 1.12. The summed E-state index contributed by atoms with van der Waals surface area (Å²) in [6.07, 6.45) is 1.83. The number of aliphatic hydroxyl groups excluding tert-OH is 1. The number of aliphatic hydroxyl groups is 1. The van der Waals surface area contributed by atoms with Gasteiger partial charge in [0.15, 0.2) is 0 Å². The van der Waals surface area contributed by atoms with Gasteiger partial charge in [-0.1, -0.05) is 19.9 Å². The third kappa shape index (κ3) is 4.91. The summed E-state index contributed by atoms with van der Waals surface area (Å²) in [4.78, 5) is 11.0. The van der Waals surface area contributed by atoms with Crippen molar-refractivity contribution in [2.75, 3.05) is 13.2 Å². The summed E-state index contributed by atoms with van der Waals surface area (Å²) in [6.45, 7) is 5.63. The Bertz CT molecular complexity index is 171. The van der Waals surface area contributed by atoms with Crippen molar-refractivity contribution >= 4 is 5.97 Å². The third-order valence-electron chi connectivity index (χ3n) is 1.23. The van der Waals surface area contributed by atoms with E-state index in [1.807, 2.05) is 19.9 Å². The highest BCUT2D eigenvalue weighted by molar-refractivity contribution is 5.87. The first-order valence-corrected chi connectivity index (χ1v) is 4.04. The van der Waals surface area contributed by atoms with Crippen molar-refractivity contribution in [2.24, 2.45) is 5.92 Å². The summed E-state index contributed by atoms with van der Waals surface area (Å²) < 4.78 is 4.70. The molecule has 0 aromatic carbocycles. The zero-order valence-electron chi connectivity index (χ0n) is 7.83. The fraction of sp³-hybridized carbons (Fsp3) is 0.667. The average Bonchev–Trinajstić information content (AvgIpc) is 1.98. The maximum atomic E-state index is 11.0. The monoisotopic (exact) mass is 172 g/mol. The highest BCUT2D eigenvalue weighted by atomic mass is 16.5. The molecule has 0 bridgehead atoms. The molecule has 0 aromatic heterocycles. The van der Waals surface area contributed by atoms with Crippen LogP contribution in [0.25, 0.3) is 0 Å². The summed E-state index contributed by atoms with van der Waals surface area (Å²) in [5.74, 6) is -0.00979. The van der Waals surface area contributed by atoms with Crippen molar-refractivity contribution in [3.8, 4) is 0 Å². The molecule has 0 radical (unpaired) electrons. The smallest absolute Gasteiger partial charge is 0.333 e. The Morgan fingerprint density at radius 2 is 2.17 bits per heavy atom. The van der Waals surface area contributed by atoms with Gasteiger partial charge in [0.05, 0.1) is 6.61 Å². The van der Waals surface area contributed by atoms with Crippen LogP contribution in [-0.2, 0) is 9.53 Å². The predicted molar refractivity (Wildman–Crippen MR) is 46.6 cm³/mol. The maximum absolute atomic E-state index is 11.0. The topological polar surface area (TPSA) is 46.5 Å². The van der Waals surface area contributed by atoms with Gasteiger partial charge in [-0.05, 0) is 12.8 Å². The van der Waals surface area contributed by atoms with Crippen LogP contribution in [0.2, 0.25) is 0 Å². The van der Waals surface area contributed by atoms with E-state index in [4.69, 9.17) is 9.84 Å². The first kappa shape index (κ1) is 11.2. The summed E-state index contributed by atoms with van der Waals surface area (Å²) in [5, 5.41) is 8.38. The van der Waals surface area contributed by atoms with Gasteiger partial charge >= 0.3 is 5.97 Å². The number of allylic oxidation sites excluding steroid dienone is 1. The number of hydrogen-bond donors (Lipinski definition) is 1. The molecule has 0 heterocycles. The molecule has 0 unspecified atom stereocenters. The minimum absolute atomic E-state index is 0.0715. The Morgan fingerprint density at radius 3 is 2.58 bits per heavy atom. The number of ether oxygens (including phenoxy) is 1. The second-order valence-electron chi connectivity index (χ2n) is 2.95. The van der Waals surface area contributed by atoms with Crippen LogP contribution in [0.5, 0.6) is 0 Å². The van der Waals surface area contributed by atoms with E-state index < -0.39 is 0 Å². The van der Waals surface area contributed by atoms with Gasteiger partial charge in [-0.2, -0.15) is 0 Å². The molecule has 12 heavy (non-hydrogen) atoms. The first-order chi connectivity index (χ1) is 5.57. The highest BCUT2D eigenvalue weighted by Crippen LogP contribution is 2.03. The van der Waals surface area contributed by atoms with Crippen molar-refractivity contribution in [3.63, 3.8) is 0 Å². The van der Waals surface area contributed by atoms with Crippen molar-refractivity contribution < 1.29 is 14.6 Å².